The van der Waals surface area contributed by atoms with Crippen LogP contribution in [0.15, 0.2) is 54.6 Å². The van der Waals surface area contributed by atoms with Crippen molar-refractivity contribution in [1.82, 2.24) is 4.90 Å². The van der Waals surface area contributed by atoms with Crippen molar-refractivity contribution in [2.45, 2.75) is 31.3 Å². The van der Waals surface area contributed by atoms with Crippen LogP contribution in [0.1, 0.15) is 35.2 Å². The highest BCUT2D eigenvalue weighted by Gasteiger charge is 2.45. The van der Waals surface area contributed by atoms with E-state index in [2.05, 4.69) is 18.2 Å². The van der Waals surface area contributed by atoms with Crippen molar-refractivity contribution in [3.63, 3.8) is 0 Å². The van der Waals surface area contributed by atoms with E-state index in [9.17, 15) is 9.59 Å². The first-order valence-corrected chi connectivity index (χ1v) is 11.3. The molecule has 1 amide bonds. The number of methoxy groups -OCH3 is 2. The molecule has 170 valence electrons. The molecule has 2 aliphatic heterocycles. The normalized spacial score (nSPS) is 16.9. The van der Waals surface area contributed by atoms with E-state index in [1.54, 1.807) is 26.4 Å². The van der Waals surface area contributed by atoms with E-state index >= 15 is 0 Å². The fourth-order valence-corrected chi connectivity index (χ4v) is 5.02. The van der Waals surface area contributed by atoms with Crippen molar-refractivity contribution in [3.8, 4) is 17.2 Å². The highest BCUT2D eigenvalue weighted by atomic mass is 16.5. The minimum atomic E-state index is -0.625. The van der Waals surface area contributed by atoms with E-state index < -0.39 is 5.60 Å². The topological polar surface area (TPSA) is 65.1 Å². The number of nitrogens with zero attached hydrogens (tertiary/aromatic N) is 1. The van der Waals surface area contributed by atoms with Gasteiger partial charge in [-0.2, -0.15) is 0 Å². The molecule has 33 heavy (non-hydrogen) atoms. The Kier molecular flexibility index (Phi) is 5.44. The zero-order valence-electron chi connectivity index (χ0n) is 18.9. The monoisotopic (exact) mass is 445 g/mol. The fraction of sp³-hybridized carbons (Fsp3) is 0.333. The molecule has 6 heteroatoms. The van der Waals surface area contributed by atoms with E-state index in [0.29, 0.717) is 61.6 Å². The molecule has 1 saturated heterocycles. The second-order valence-electron chi connectivity index (χ2n) is 8.76. The largest absolute Gasteiger partial charge is 0.493 e. The maximum Gasteiger partial charge on any atom is 0.227 e. The number of ether oxygens (including phenoxy) is 3. The second-order valence-corrected chi connectivity index (χ2v) is 8.76. The molecule has 0 bridgehead atoms. The molecule has 0 aliphatic carbocycles. The van der Waals surface area contributed by atoms with Gasteiger partial charge in [-0.05, 0) is 28.5 Å². The van der Waals surface area contributed by atoms with Gasteiger partial charge in [-0.3, -0.25) is 9.59 Å². The molecule has 0 aromatic heterocycles. The third-order valence-corrected chi connectivity index (χ3v) is 6.85. The maximum absolute atomic E-state index is 13.1. The lowest BCUT2D eigenvalue weighted by Crippen LogP contribution is -2.52. The molecule has 0 atom stereocenters. The zero-order chi connectivity index (χ0) is 23.0. The Morgan fingerprint density at radius 1 is 1.00 bits per heavy atom. The number of carbonyl (C=O) groups excluding carboxylic acids is 2. The van der Waals surface area contributed by atoms with Gasteiger partial charge in [-0.15, -0.1) is 0 Å². The number of fused-ring (bicyclic) bond motifs is 2. The van der Waals surface area contributed by atoms with E-state index in [1.165, 1.54) is 0 Å². The molecule has 0 N–H and O–H groups in total. The molecule has 1 spiro atoms. The van der Waals surface area contributed by atoms with Gasteiger partial charge in [0, 0.05) is 25.9 Å². The number of rotatable bonds is 4. The Balaban J connectivity index is 1.32. The van der Waals surface area contributed by atoms with Gasteiger partial charge in [0.05, 0.1) is 32.6 Å². The van der Waals surface area contributed by atoms with Gasteiger partial charge in [-0.1, -0.05) is 42.5 Å². The quantitative estimate of drug-likeness (QED) is 0.595. The second kappa shape index (κ2) is 8.43. The molecular formula is C27H27NO5. The highest BCUT2D eigenvalue weighted by molar-refractivity contribution is 6.01. The maximum atomic E-state index is 13.1. The van der Waals surface area contributed by atoms with E-state index in [-0.39, 0.29) is 11.7 Å². The summed E-state index contributed by atoms with van der Waals surface area (Å²) in [6.07, 6.45) is 1.86. The predicted octanol–water partition coefficient (Wildman–Crippen LogP) is 4.43. The average Bonchev–Trinajstić information content (AvgIpc) is 2.84. The zero-order valence-corrected chi connectivity index (χ0v) is 18.9. The fourth-order valence-electron chi connectivity index (χ4n) is 5.02. The molecule has 2 heterocycles. The lowest BCUT2D eigenvalue weighted by molar-refractivity contribution is -0.134. The number of piperidine rings is 1. The van der Waals surface area contributed by atoms with Crippen molar-refractivity contribution in [1.29, 1.82) is 0 Å². The van der Waals surface area contributed by atoms with Gasteiger partial charge in [0.2, 0.25) is 11.7 Å². The average molecular weight is 446 g/mol. The minimum absolute atomic E-state index is 0.0349. The minimum Gasteiger partial charge on any atom is -0.493 e. The summed E-state index contributed by atoms with van der Waals surface area (Å²) in [6.45, 7) is 1.11. The van der Waals surface area contributed by atoms with Crippen LogP contribution >= 0.6 is 0 Å². The van der Waals surface area contributed by atoms with Gasteiger partial charge in [0.15, 0.2) is 17.3 Å². The van der Waals surface area contributed by atoms with Crippen LogP contribution in [0, 0.1) is 0 Å². The molecule has 0 radical (unpaired) electrons. The Hall–Kier alpha value is -3.54. The molecule has 3 aromatic rings. The summed E-state index contributed by atoms with van der Waals surface area (Å²) in [5, 5.41) is 2.25. The molecule has 3 aromatic carbocycles. The molecular weight excluding hydrogens is 418 g/mol. The highest BCUT2D eigenvalue weighted by Crippen LogP contribution is 2.47. The van der Waals surface area contributed by atoms with Crippen molar-refractivity contribution < 1.29 is 23.8 Å². The number of Topliss-reactive ketones (excluding diaryl/α,β-unsaturated/α-hetero) is 1. The summed E-state index contributed by atoms with van der Waals surface area (Å²) >= 11 is 0. The number of hydrogen-bond acceptors (Lipinski definition) is 5. The number of likely N-dealkylation sites (tertiary alicyclic amines) is 1. The molecule has 5 rings (SSSR count). The summed E-state index contributed by atoms with van der Waals surface area (Å²) in [5.41, 5.74) is 0.931. The first-order valence-electron chi connectivity index (χ1n) is 11.3. The molecule has 2 aliphatic rings. The number of ketones is 1. The Bertz CT molecular complexity index is 1220. The van der Waals surface area contributed by atoms with E-state index in [1.807, 2.05) is 29.2 Å². The van der Waals surface area contributed by atoms with Crippen LogP contribution in [-0.2, 0) is 11.2 Å². The van der Waals surface area contributed by atoms with Gasteiger partial charge in [0.1, 0.15) is 5.60 Å². The van der Waals surface area contributed by atoms with Crippen molar-refractivity contribution in [3.05, 3.63) is 65.7 Å². The molecule has 6 nitrogen and oxygen atoms in total. The summed E-state index contributed by atoms with van der Waals surface area (Å²) < 4.78 is 17.3. The number of carbonyl (C=O) groups is 2. The molecule has 0 unspecified atom stereocenters. The van der Waals surface area contributed by atoms with Crippen LogP contribution in [0.25, 0.3) is 10.8 Å². The van der Waals surface area contributed by atoms with Crippen LogP contribution in [0.4, 0.5) is 0 Å². The number of benzene rings is 3. The standard InChI is InChI=1S/C27H27NO5/c1-31-23-11-10-21-22(29)17-27(33-25(21)26(23)32-2)12-14-28(15-13-27)24(30)16-19-8-5-7-18-6-3-4-9-20(18)19/h3-11H,12-17H2,1-2H3. The smallest absolute Gasteiger partial charge is 0.227 e. The van der Waals surface area contributed by atoms with Crippen molar-refractivity contribution in [2.75, 3.05) is 27.3 Å². The van der Waals surface area contributed by atoms with E-state index in [0.717, 1.165) is 16.3 Å². The van der Waals surface area contributed by atoms with Crippen molar-refractivity contribution in [2.24, 2.45) is 0 Å². The Morgan fingerprint density at radius 3 is 2.52 bits per heavy atom. The van der Waals surface area contributed by atoms with Gasteiger partial charge >= 0.3 is 0 Å². The van der Waals surface area contributed by atoms with Crippen LogP contribution in [0.3, 0.4) is 0 Å². The summed E-state index contributed by atoms with van der Waals surface area (Å²) in [6, 6.07) is 17.7. The Labute approximate surface area is 193 Å². The van der Waals surface area contributed by atoms with Gasteiger partial charge in [-0.25, -0.2) is 0 Å². The van der Waals surface area contributed by atoms with Crippen LogP contribution in [0.5, 0.6) is 17.2 Å². The first-order chi connectivity index (χ1) is 16.0. The van der Waals surface area contributed by atoms with Crippen molar-refractivity contribution >= 4 is 22.5 Å². The summed E-state index contributed by atoms with van der Waals surface area (Å²) in [7, 11) is 3.10. The SMILES string of the molecule is COc1ccc2c(c1OC)OC1(CCN(C(=O)Cc3cccc4ccccc34)CC1)CC2=O. The molecule has 0 saturated carbocycles. The lowest BCUT2D eigenvalue weighted by Gasteiger charge is -2.44. The number of hydrogen-bond donors (Lipinski definition) is 0. The van der Waals surface area contributed by atoms with Gasteiger partial charge in [0.25, 0.3) is 0 Å². The summed E-state index contributed by atoms with van der Waals surface area (Å²) in [5.74, 6) is 1.56. The Morgan fingerprint density at radius 2 is 1.76 bits per heavy atom. The van der Waals surface area contributed by atoms with E-state index in [4.69, 9.17) is 14.2 Å². The lowest BCUT2D eigenvalue weighted by atomic mass is 9.82. The summed E-state index contributed by atoms with van der Waals surface area (Å²) in [4.78, 5) is 27.9. The van der Waals surface area contributed by atoms with Crippen LogP contribution in [0.2, 0.25) is 0 Å². The predicted molar refractivity (Wildman–Crippen MR) is 125 cm³/mol. The third kappa shape index (κ3) is 3.80. The van der Waals surface area contributed by atoms with Gasteiger partial charge < -0.3 is 19.1 Å². The number of amides is 1. The third-order valence-electron chi connectivity index (χ3n) is 6.85. The first kappa shape index (κ1) is 21.3. The molecule has 1 fully saturated rings. The van der Waals surface area contributed by atoms with Crippen LogP contribution in [-0.4, -0.2) is 49.5 Å². The van der Waals surface area contributed by atoms with Crippen LogP contribution < -0.4 is 14.2 Å².